The fourth-order valence-electron chi connectivity index (χ4n) is 1.84. The third-order valence-electron chi connectivity index (χ3n) is 2.71. The zero-order chi connectivity index (χ0) is 11.5. The van der Waals surface area contributed by atoms with Gasteiger partial charge in [-0.3, -0.25) is 0 Å². The lowest BCUT2D eigenvalue weighted by Crippen LogP contribution is -2.25. The maximum absolute atomic E-state index is 4.46. The zero-order valence-electron chi connectivity index (χ0n) is 9.35. The van der Waals surface area contributed by atoms with Gasteiger partial charge in [0.2, 0.25) is 5.96 Å². The van der Waals surface area contributed by atoms with Crippen molar-refractivity contribution in [2.45, 2.75) is 6.54 Å². The molecular formula is C14H13N3. The van der Waals surface area contributed by atoms with E-state index in [0.29, 0.717) is 0 Å². The van der Waals surface area contributed by atoms with Crippen LogP contribution >= 0.6 is 0 Å². The molecule has 0 spiro atoms. The summed E-state index contributed by atoms with van der Waals surface area (Å²) in [7, 11) is 0. The van der Waals surface area contributed by atoms with E-state index in [0.717, 1.165) is 23.9 Å². The number of anilines is 2. The quantitative estimate of drug-likeness (QED) is 0.779. The van der Waals surface area contributed by atoms with Crippen molar-refractivity contribution in [2.24, 2.45) is 4.99 Å². The number of guanidine groups is 1. The van der Waals surface area contributed by atoms with Crippen LogP contribution in [0.5, 0.6) is 0 Å². The largest absolute Gasteiger partial charge is 0.326 e. The number of rotatable bonds is 1. The van der Waals surface area contributed by atoms with Gasteiger partial charge in [-0.05, 0) is 23.8 Å². The van der Waals surface area contributed by atoms with Gasteiger partial charge in [0.1, 0.15) is 0 Å². The van der Waals surface area contributed by atoms with Crippen molar-refractivity contribution in [3.8, 4) is 0 Å². The minimum Gasteiger partial charge on any atom is -0.326 e. The molecule has 0 aliphatic carbocycles. The first-order valence-electron chi connectivity index (χ1n) is 5.63. The highest BCUT2D eigenvalue weighted by Gasteiger charge is 2.10. The van der Waals surface area contributed by atoms with Crippen LogP contribution in [-0.2, 0) is 6.54 Å². The lowest BCUT2D eigenvalue weighted by Gasteiger charge is -2.19. The molecule has 0 unspecified atom stereocenters. The van der Waals surface area contributed by atoms with E-state index in [9.17, 15) is 0 Å². The Labute approximate surface area is 100 Å². The summed E-state index contributed by atoms with van der Waals surface area (Å²) in [4.78, 5) is 4.46. The van der Waals surface area contributed by atoms with Crippen LogP contribution in [0.2, 0.25) is 0 Å². The number of aliphatic imine (C=N–C) groups is 1. The predicted octanol–water partition coefficient (Wildman–Crippen LogP) is 3.08. The van der Waals surface area contributed by atoms with E-state index in [1.54, 1.807) is 0 Å². The molecule has 1 heterocycles. The van der Waals surface area contributed by atoms with E-state index >= 15 is 0 Å². The molecule has 84 valence electrons. The lowest BCUT2D eigenvalue weighted by molar-refractivity contribution is 1.04. The summed E-state index contributed by atoms with van der Waals surface area (Å²) in [6.45, 7) is 0.721. The molecule has 1 aliphatic heterocycles. The molecule has 0 bridgehead atoms. The Hall–Kier alpha value is -2.29. The number of hydrogen-bond donors (Lipinski definition) is 2. The van der Waals surface area contributed by atoms with Crippen LogP contribution < -0.4 is 10.6 Å². The Morgan fingerprint density at radius 2 is 1.71 bits per heavy atom. The Morgan fingerprint density at radius 1 is 0.941 bits per heavy atom. The van der Waals surface area contributed by atoms with Gasteiger partial charge < -0.3 is 10.6 Å². The third kappa shape index (κ3) is 2.13. The van der Waals surface area contributed by atoms with E-state index in [1.807, 2.05) is 42.5 Å². The molecule has 0 saturated carbocycles. The molecule has 0 aromatic heterocycles. The van der Waals surface area contributed by atoms with Crippen molar-refractivity contribution in [3.05, 3.63) is 60.2 Å². The lowest BCUT2D eigenvalue weighted by atomic mass is 10.1. The summed E-state index contributed by atoms with van der Waals surface area (Å²) in [6.07, 6.45) is 0. The van der Waals surface area contributed by atoms with Crippen LogP contribution in [0.3, 0.4) is 0 Å². The van der Waals surface area contributed by atoms with Gasteiger partial charge in [-0.25, -0.2) is 4.99 Å². The SMILES string of the molecule is c1ccc(NC2=NCc3ccccc3N2)cc1. The van der Waals surface area contributed by atoms with Crippen LogP contribution in [0.4, 0.5) is 11.4 Å². The van der Waals surface area contributed by atoms with Crippen molar-refractivity contribution in [1.82, 2.24) is 0 Å². The highest BCUT2D eigenvalue weighted by Crippen LogP contribution is 2.20. The Bertz CT molecular complexity index is 546. The van der Waals surface area contributed by atoms with Gasteiger partial charge in [-0.15, -0.1) is 0 Å². The molecule has 1 aliphatic rings. The van der Waals surface area contributed by atoms with Gasteiger partial charge in [0.15, 0.2) is 0 Å². The highest BCUT2D eigenvalue weighted by molar-refractivity contribution is 6.04. The maximum atomic E-state index is 4.46. The van der Waals surface area contributed by atoms with Gasteiger partial charge in [0.25, 0.3) is 0 Å². The molecule has 2 N–H and O–H groups in total. The second-order valence-corrected chi connectivity index (χ2v) is 3.94. The zero-order valence-corrected chi connectivity index (χ0v) is 9.35. The Kier molecular flexibility index (Phi) is 2.50. The second kappa shape index (κ2) is 4.29. The van der Waals surface area contributed by atoms with Crippen LogP contribution in [0.25, 0.3) is 0 Å². The normalized spacial score (nSPS) is 13.3. The summed E-state index contributed by atoms with van der Waals surface area (Å²) in [5.41, 5.74) is 3.39. The summed E-state index contributed by atoms with van der Waals surface area (Å²) in [5.74, 6) is 0.801. The van der Waals surface area contributed by atoms with E-state index in [1.165, 1.54) is 5.56 Å². The van der Waals surface area contributed by atoms with Gasteiger partial charge in [0.05, 0.1) is 6.54 Å². The van der Waals surface area contributed by atoms with Crippen molar-refractivity contribution < 1.29 is 0 Å². The smallest absolute Gasteiger partial charge is 0.200 e. The molecule has 3 nitrogen and oxygen atoms in total. The van der Waals surface area contributed by atoms with Crippen molar-refractivity contribution in [1.29, 1.82) is 0 Å². The van der Waals surface area contributed by atoms with E-state index in [-0.39, 0.29) is 0 Å². The monoisotopic (exact) mass is 223 g/mol. The predicted molar refractivity (Wildman–Crippen MR) is 71.3 cm³/mol. The fraction of sp³-hybridized carbons (Fsp3) is 0.0714. The number of nitrogens with one attached hydrogen (secondary N) is 2. The van der Waals surface area contributed by atoms with Crippen molar-refractivity contribution >= 4 is 17.3 Å². The fourth-order valence-corrected chi connectivity index (χ4v) is 1.84. The first kappa shape index (κ1) is 9.90. The minimum absolute atomic E-state index is 0.721. The van der Waals surface area contributed by atoms with E-state index in [4.69, 9.17) is 0 Å². The van der Waals surface area contributed by atoms with Crippen LogP contribution in [0.15, 0.2) is 59.6 Å². The molecule has 2 aromatic rings. The molecule has 0 saturated heterocycles. The average molecular weight is 223 g/mol. The van der Waals surface area contributed by atoms with Crippen LogP contribution in [0, 0.1) is 0 Å². The van der Waals surface area contributed by atoms with E-state index in [2.05, 4.69) is 27.8 Å². The number of nitrogens with zero attached hydrogens (tertiary/aromatic N) is 1. The first-order chi connectivity index (χ1) is 8.42. The first-order valence-corrected chi connectivity index (χ1v) is 5.63. The molecule has 0 fully saturated rings. The third-order valence-corrected chi connectivity index (χ3v) is 2.71. The molecule has 3 rings (SSSR count). The summed E-state index contributed by atoms with van der Waals surface area (Å²) >= 11 is 0. The highest BCUT2D eigenvalue weighted by atomic mass is 15.2. The summed E-state index contributed by atoms with van der Waals surface area (Å²) < 4.78 is 0. The van der Waals surface area contributed by atoms with Crippen molar-refractivity contribution in [2.75, 3.05) is 10.6 Å². The Morgan fingerprint density at radius 3 is 2.59 bits per heavy atom. The molecule has 0 atom stereocenters. The van der Waals surface area contributed by atoms with Crippen molar-refractivity contribution in [3.63, 3.8) is 0 Å². The molecule has 17 heavy (non-hydrogen) atoms. The number of benzene rings is 2. The average Bonchev–Trinajstić information content (AvgIpc) is 2.40. The van der Waals surface area contributed by atoms with Gasteiger partial charge in [-0.2, -0.15) is 0 Å². The minimum atomic E-state index is 0.721. The van der Waals surface area contributed by atoms with Crippen LogP contribution in [0.1, 0.15) is 5.56 Å². The number of fused-ring (bicyclic) bond motifs is 1. The van der Waals surface area contributed by atoms with Gasteiger partial charge in [0, 0.05) is 11.4 Å². The van der Waals surface area contributed by atoms with Gasteiger partial charge in [-0.1, -0.05) is 36.4 Å². The molecule has 3 heteroatoms. The second-order valence-electron chi connectivity index (χ2n) is 3.94. The Balaban J connectivity index is 1.78. The molecule has 2 aromatic carbocycles. The number of para-hydroxylation sites is 2. The van der Waals surface area contributed by atoms with Crippen LogP contribution in [-0.4, -0.2) is 5.96 Å². The number of hydrogen-bond acceptors (Lipinski definition) is 3. The standard InChI is InChI=1S/C14H13N3/c1-2-7-12(8-3-1)16-14-15-10-11-6-4-5-9-13(11)17-14/h1-9H,10H2,(H2,15,16,17). The topological polar surface area (TPSA) is 36.4 Å². The van der Waals surface area contributed by atoms with Gasteiger partial charge >= 0.3 is 0 Å². The molecular weight excluding hydrogens is 210 g/mol. The summed E-state index contributed by atoms with van der Waals surface area (Å²) in [5, 5.41) is 6.54. The summed E-state index contributed by atoms with van der Waals surface area (Å²) in [6, 6.07) is 18.2. The molecule has 0 radical (unpaired) electrons. The molecule has 0 amide bonds. The van der Waals surface area contributed by atoms with E-state index < -0.39 is 0 Å². The maximum Gasteiger partial charge on any atom is 0.200 e.